The van der Waals surface area contributed by atoms with Gasteiger partial charge >= 0.3 is 0 Å². The molecule has 0 aliphatic carbocycles. The number of imide groups is 1. The molecule has 0 aromatic carbocycles. The molecule has 126 valence electrons. The first-order valence-electron chi connectivity index (χ1n) is 7.33. The van der Waals surface area contributed by atoms with Crippen LogP contribution in [0.3, 0.4) is 0 Å². The van der Waals surface area contributed by atoms with Crippen molar-refractivity contribution in [1.82, 2.24) is 14.6 Å². The van der Waals surface area contributed by atoms with E-state index in [-0.39, 0.29) is 28.6 Å². The van der Waals surface area contributed by atoms with E-state index in [2.05, 4.69) is 9.71 Å². The SMILES string of the molecule is CCc1ccc(S(=O)(=O)NCCN2C(=O)c3cccnc3C2=O)s1. The van der Waals surface area contributed by atoms with E-state index >= 15 is 0 Å². The number of aromatic nitrogens is 1. The maximum atomic E-state index is 12.2. The van der Waals surface area contributed by atoms with Gasteiger partial charge in [0.2, 0.25) is 10.0 Å². The molecule has 0 spiro atoms. The fourth-order valence-electron chi connectivity index (χ4n) is 2.37. The summed E-state index contributed by atoms with van der Waals surface area (Å²) in [4.78, 5) is 30.2. The third-order valence-corrected chi connectivity index (χ3v) is 6.79. The molecule has 1 aliphatic rings. The second-order valence-electron chi connectivity index (χ2n) is 5.13. The van der Waals surface area contributed by atoms with Gasteiger partial charge in [0.25, 0.3) is 11.8 Å². The number of pyridine rings is 1. The minimum atomic E-state index is -3.64. The molecule has 9 heteroatoms. The Morgan fingerprint density at radius 1 is 1.21 bits per heavy atom. The molecule has 1 N–H and O–H groups in total. The number of carbonyl (C=O) groups is 2. The minimum Gasteiger partial charge on any atom is -0.272 e. The molecule has 3 rings (SSSR count). The summed E-state index contributed by atoms with van der Waals surface area (Å²) >= 11 is 1.21. The lowest BCUT2D eigenvalue weighted by Gasteiger charge is -2.13. The molecule has 0 radical (unpaired) electrons. The van der Waals surface area contributed by atoms with Crippen molar-refractivity contribution >= 4 is 33.2 Å². The fourth-order valence-corrected chi connectivity index (χ4v) is 4.73. The summed E-state index contributed by atoms with van der Waals surface area (Å²) in [6.45, 7) is 1.86. The molecule has 0 unspecified atom stereocenters. The first-order chi connectivity index (χ1) is 11.4. The molecule has 3 heterocycles. The number of nitrogens with zero attached hydrogens (tertiary/aromatic N) is 2. The number of aryl methyl sites for hydroxylation is 1. The molecule has 0 saturated carbocycles. The maximum Gasteiger partial charge on any atom is 0.280 e. The highest BCUT2D eigenvalue weighted by molar-refractivity contribution is 7.91. The van der Waals surface area contributed by atoms with E-state index in [0.717, 1.165) is 16.2 Å². The number of fused-ring (bicyclic) bond motifs is 1. The van der Waals surface area contributed by atoms with E-state index in [1.165, 1.54) is 23.6 Å². The Balaban J connectivity index is 1.65. The van der Waals surface area contributed by atoms with Crippen LogP contribution in [0, 0.1) is 0 Å². The number of thiophene rings is 1. The van der Waals surface area contributed by atoms with Gasteiger partial charge in [-0.2, -0.15) is 0 Å². The van der Waals surface area contributed by atoms with E-state index in [9.17, 15) is 18.0 Å². The Bertz CT molecular complexity index is 870. The minimum absolute atomic E-state index is 0.0424. The average Bonchev–Trinajstić information content (AvgIpc) is 3.15. The van der Waals surface area contributed by atoms with Crippen molar-refractivity contribution in [2.24, 2.45) is 0 Å². The predicted molar refractivity (Wildman–Crippen MR) is 88.5 cm³/mol. The first kappa shape index (κ1) is 16.7. The molecule has 0 atom stereocenters. The van der Waals surface area contributed by atoms with Crippen LogP contribution in [0.15, 0.2) is 34.7 Å². The highest BCUT2D eigenvalue weighted by Gasteiger charge is 2.36. The topological polar surface area (TPSA) is 96.4 Å². The van der Waals surface area contributed by atoms with Gasteiger partial charge in [-0.15, -0.1) is 11.3 Å². The Morgan fingerprint density at radius 3 is 2.67 bits per heavy atom. The fraction of sp³-hybridized carbons (Fsp3) is 0.267. The van der Waals surface area contributed by atoms with Crippen molar-refractivity contribution < 1.29 is 18.0 Å². The van der Waals surface area contributed by atoms with Crippen molar-refractivity contribution in [2.75, 3.05) is 13.1 Å². The van der Waals surface area contributed by atoms with E-state index in [1.54, 1.807) is 18.2 Å². The zero-order chi connectivity index (χ0) is 17.3. The second-order valence-corrected chi connectivity index (χ2v) is 8.30. The summed E-state index contributed by atoms with van der Waals surface area (Å²) in [5.41, 5.74) is 0.354. The van der Waals surface area contributed by atoms with E-state index in [1.807, 2.05) is 6.92 Å². The summed E-state index contributed by atoms with van der Waals surface area (Å²) in [7, 11) is -3.64. The van der Waals surface area contributed by atoms with Gasteiger partial charge in [-0.1, -0.05) is 6.92 Å². The lowest BCUT2D eigenvalue weighted by atomic mass is 10.2. The van der Waals surface area contributed by atoms with Crippen molar-refractivity contribution in [1.29, 1.82) is 0 Å². The second kappa shape index (κ2) is 6.42. The van der Waals surface area contributed by atoms with Crippen LogP contribution in [0.4, 0.5) is 0 Å². The molecule has 7 nitrogen and oxygen atoms in total. The molecule has 2 amide bonds. The highest BCUT2D eigenvalue weighted by Crippen LogP contribution is 2.22. The number of hydrogen-bond acceptors (Lipinski definition) is 6. The smallest absolute Gasteiger partial charge is 0.272 e. The monoisotopic (exact) mass is 365 g/mol. The van der Waals surface area contributed by atoms with Crippen LogP contribution in [0.25, 0.3) is 0 Å². The van der Waals surface area contributed by atoms with Gasteiger partial charge in [-0.25, -0.2) is 13.1 Å². The van der Waals surface area contributed by atoms with Crippen LogP contribution in [-0.2, 0) is 16.4 Å². The van der Waals surface area contributed by atoms with Gasteiger partial charge < -0.3 is 0 Å². The van der Waals surface area contributed by atoms with Gasteiger partial charge in [-0.05, 0) is 30.7 Å². The zero-order valence-electron chi connectivity index (χ0n) is 12.9. The molecular weight excluding hydrogens is 350 g/mol. The van der Waals surface area contributed by atoms with Crippen LogP contribution in [-0.4, -0.2) is 43.2 Å². The molecular formula is C15H15N3O4S2. The average molecular weight is 365 g/mol. The molecule has 0 saturated heterocycles. The number of sulfonamides is 1. The third kappa shape index (κ3) is 2.97. The van der Waals surface area contributed by atoms with Crippen molar-refractivity contribution in [2.45, 2.75) is 17.6 Å². The summed E-state index contributed by atoms with van der Waals surface area (Å²) in [5, 5.41) is 0. The van der Waals surface area contributed by atoms with Gasteiger partial charge in [0.15, 0.2) is 0 Å². The van der Waals surface area contributed by atoms with Crippen LogP contribution in [0.5, 0.6) is 0 Å². The van der Waals surface area contributed by atoms with Crippen molar-refractivity contribution in [3.63, 3.8) is 0 Å². The Morgan fingerprint density at radius 2 is 2.00 bits per heavy atom. The largest absolute Gasteiger partial charge is 0.280 e. The molecule has 0 fully saturated rings. The molecule has 1 aliphatic heterocycles. The number of nitrogens with one attached hydrogen (secondary N) is 1. The van der Waals surface area contributed by atoms with Crippen molar-refractivity contribution in [3.05, 3.63) is 46.6 Å². The number of carbonyl (C=O) groups excluding carboxylic acids is 2. The zero-order valence-corrected chi connectivity index (χ0v) is 14.5. The summed E-state index contributed by atoms with van der Waals surface area (Å²) in [6, 6.07) is 6.44. The van der Waals surface area contributed by atoms with Crippen LogP contribution in [0.1, 0.15) is 32.6 Å². The van der Waals surface area contributed by atoms with Gasteiger partial charge in [0.05, 0.1) is 5.56 Å². The predicted octanol–water partition coefficient (Wildman–Crippen LogP) is 1.28. The normalized spacial score (nSPS) is 14.3. The van der Waals surface area contributed by atoms with Gasteiger partial charge in [0.1, 0.15) is 9.90 Å². The maximum absolute atomic E-state index is 12.2. The van der Waals surface area contributed by atoms with Crippen molar-refractivity contribution in [3.8, 4) is 0 Å². The lowest BCUT2D eigenvalue weighted by Crippen LogP contribution is -2.38. The van der Waals surface area contributed by atoms with Gasteiger partial charge in [0, 0.05) is 24.2 Å². The van der Waals surface area contributed by atoms with E-state index in [0.29, 0.717) is 0 Å². The van der Waals surface area contributed by atoms with Crippen LogP contribution >= 0.6 is 11.3 Å². The quantitative estimate of drug-likeness (QED) is 0.778. The number of hydrogen-bond donors (Lipinski definition) is 1. The molecule has 2 aromatic heterocycles. The number of rotatable bonds is 6. The highest BCUT2D eigenvalue weighted by atomic mass is 32.2. The standard InChI is InChI=1S/C15H15N3O4S2/c1-2-10-5-6-12(23-10)24(21,22)17-8-9-18-14(19)11-4-3-7-16-13(11)15(18)20/h3-7,17H,2,8-9H2,1H3. The lowest BCUT2D eigenvalue weighted by molar-refractivity contribution is 0.0655. The summed E-state index contributed by atoms with van der Waals surface area (Å²) in [6.07, 6.45) is 2.21. The summed E-state index contributed by atoms with van der Waals surface area (Å²) in [5.74, 6) is -0.953. The Kier molecular flexibility index (Phi) is 4.48. The third-order valence-electron chi connectivity index (χ3n) is 3.61. The van der Waals surface area contributed by atoms with Gasteiger partial charge in [-0.3, -0.25) is 19.5 Å². The van der Waals surface area contributed by atoms with Crippen LogP contribution in [0.2, 0.25) is 0 Å². The number of amides is 2. The van der Waals surface area contributed by atoms with Crippen LogP contribution < -0.4 is 4.72 Å². The summed E-state index contributed by atoms with van der Waals surface area (Å²) < 4.78 is 27.1. The Hall–Kier alpha value is -2.10. The molecule has 0 bridgehead atoms. The van der Waals surface area contributed by atoms with E-state index < -0.39 is 21.8 Å². The van der Waals surface area contributed by atoms with E-state index in [4.69, 9.17) is 0 Å². The first-order valence-corrected chi connectivity index (χ1v) is 9.63. The molecule has 24 heavy (non-hydrogen) atoms. The Labute approximate surface area is 143 Å². The molecule has 2 aromatic rings.